The number of hydrogen-bond donors (Lipinski definition) is 0. The first-order valence-electron chi connectivity index (χ1n) is 4.78. The molecule has 0 aliphatic carbocycles. The van der Waals surface area contributed by atoms with Crippen LogP contribution in [0.4, 0.5) is 0 Å². The zero-order chi connectivity index (χ0) is 13.2. The van der Waals surface area contributed by atoms with Crippen molar-refractivity contribution in [1.82, 2.24) is 0 Å². The fraction of sp³-hybridized carbons (Fsp3) is 0.364. The van der Waals surface area contributed by atoms with E-state index in [0.29, 0.717) is 12.8 Å². The van der Waals surface area contributed by atoms with Crippen molar-refractivity contribution in [3.8, 4) is 5.75 Å². The summed E-state index contributed by atoms with van der Waals surface area (Å²) in [5.41, 5.74) is 1.04. The quantitative estimate of drug-likeness (QED) is 0.534. The SMILES string of the molecule is COc1c(Br)c(Br)c(CCC(C)=O)c(Br)c1Br. The maximum atomic E-state index is 11.1. The molecule has 0 spiro atoms. The van der Waals surface area contributed by atoms with Gasteiger partial charge in [-0.1, -0.05) is 0 Å². The molecule has 0 aromatic heterocycles. The third-order valence-electron chi connectivity index (χ3n) is 2.25. The van der Waals surface area contributed by atoms with Gasteiger partial charge in [0.15, 0.2) is 0 Å². The predicted octanol–water partition coefficient (Wildman–Crippen LogP) is 5.27. The van der Waals surface area contributed by atoms with Gasteiger partial charge in [0.1, 0.15) is 11.5 Å². The van der Waals surface area contributed by atoms with Crippen LogP contribution in [0.5, 0.6) is 5.75 Å². The number of methoxy groups -OCH3 is 1. The maximum absolute atomic E-state index is 11.1. The molecule has 2 nitrogen and oxygen atoms in total. The molecule has 1 rings (SSSR count). The van der Waals surface area contributed by atoms with Crippen LogP contribution in [0.15, 0.2) is 17.9 Å². The molecular formula is C11H10Br4O2. The zero-order valence-electron chi connectivity index (χ0n) is 9.24. The number of carbonyl (C=O) groups is 1. The van der Waals surface area contributed by atoms with Crippen LogP contribution < -0.4 is 4.74 Å². The zero-order valence-corrected chi connectivity index (χ0v) is 15.6. The third-order valence-corrected chi connectivity index (χ3v) is 6.57. The van der Waals surface area contributed by atoms with E-state index < -0.39 is 0 Å². The molecule has 0 N–H and O–H groups in total. The first-order chi connectivity index (χ1) is 7.90. The van der Waals surface area contributed by atoms with Gasteiger partial charge < -0.3 is 9.53 Å². The van der Waals surface area contributed by atoms with E-state index in [-0.39, 0.29) is 5.78 Å². The molecule has 94 valence electrons. The van der Waals surface area contributed by atoms with Crippen molar-refractivity contribution < 1.29 is 9.53 Å². The molecule has 0 fully saturated rings. The van der Waals surface area contributed by atoms with Crippen molar-refractivity contribution in [2.45, 2.75) is 19.8 Å². The highest BCUT2D eigenvalue weighted by Crippen LogP contribution is 2.46. The lowest BCUT2D eigenvalue weighted by atomic mass is 10.1. The number of benzene rings is 1. The lowest BCUT2D eigenvalue weighted by Crippen LogP contribution is -1.99. The minimum Gasteiger partial charge on any atom is -0.494 e. The number of rotatable bonds is 4. The number of halogens is 4. The van der Waals surface area contributed by atoms with E-state index in [9.17, 15) is 4.79 Å². The predicted molar refractivity (Wildman–Crippen MR) is 82.8 cm³/mol. The van der Waals surface area contributed by atoms with Crippen LogP contribution in [0, 0.1) is 0 Å². The average Bonchev–Trinajstić information content (AvgIpc) is 2.27. The van der Waals surface area contributed by atoms with E-state index in [0.717, 1.165) is 29.2 Å². The molecule has 0 heterocycles. The molecular weight excluding hydrogens is 484 g/mol. The Hall–Kier alpha value is 0.610. The van der Waals surface area contributed by atoms with Crippen molar-refractivity contribution in [3.63, 3.8) is 0 Å². The normalized spacial score (nSPS) is 10.5. The van der Waals surface area contributed by atoms with Crippen LogP contribution in [-0.4, -0.2) is 12.9 Å². The Labute approximate surface area is 134 Å². The average molecular weight is 494 g/mol. The van der Waals surface area contributed by atoms with E-state index in [1.165, 1.54) is 0 Å². The largest absolute Gasteiger partial charge is 0.494 e. The summed E-state index contributed by atoms with van der Waals surface area (Å²) in [6, 6.07) is 0. The van der Waals surface area contributed by atoms with Gasteiger partial charge in [-0.05, 0) is 82.6 Å². The van der Waals surface area contributed by atoms with Crippen molar-refractivity contribution in [2.75, 3.05) is 7.11 Å². The molecule has 0 atom stereocenters. The molecule has 0 unspecified atom stereocenters. The Kier molecular flexibility index (Phi) is 6.16. The minimum atomic E-state index is 0.173. The van der Waals surface area contributed by atoms with Crippen LogP contribution >= 0.6 is 63.7 Å². The Morgan fingerprint density at radius 3 is 1.88 bits per heavy atom. The third kappa shape index (κ3) is 3.55. The van der Waals surface area contributed by atoms with Crippen molar-refractivity contribution >= 4 is 69.5 Å². The number of carbonyl (C=O) groups excluding carboxylic acids is 1. The second-order valence-electron chi connectivity index (χ2n) is 3.47. The maximum Gasteiger partial charge on any atom is 0.149 e. The van der Waals surface area contributed by atoms with Gasteiger partial charge in [0.25, 0.3) is 0 Å². The van der Waals surface area contributed by atoms with Crippen molar-refractivity contribution in [1.29, 1.82) is 0 Å². The lowest BCUT2D eigenvalue weighted by Gasteiger charge is -2.15. The molecule has 0 radical (unpaired) electrons. The Balaban J connectivity index is 3.27. The van der Waals surface area contributed by atoms with Gasteiger partial charge in [0, 0.05) is 15.4 Å². The van der Waals surface area contributed by atoms with Gasteiger partial charge >= 0.3 is 0 Å². The number of ether oxygens (including phenoxy) is 1. The minimum absolute atomic E-state index is 0.173. The lowest BCUT2D eigenvalue weighted by molar-refractivity contribution is -0.116. The summed E-state index contributed by atoms with van der Waals surface area (Å²) in [5.74, 6) is 0.891. The van der Waals surface area contributed by atoms with Crippen LogP contribution in [0.2, 0.25) is 0 Å². The van der Waals surface area contributed by atoms with Crippen molar-refractivity contribution in [2.24, 2.45) is 0 Å². The van der Waals surface area contributed by atoms with E-state index in [1.807, 2.05) is 0 Å². The summed E-state index contributed by atoms with van der Waals surface area (Å²) in [5, 5.41) is 0. The molecule has 1 aromatic carbocycles. The van der Waals surface area contributed by atoms with Gasteiger partial charge in [-0.15, -0.1) is 0 Å². The smallest absolute Gasteiger partial charge is 0.149 e. The summed E-state index contributed by atoms with van der Waals surface area (Å²) in [4.78, 5) is 11.1. The molecule has 17 heavy (non-hydrogen) atoms. The topological polar surface area (TPSA) is 26.3 Å². The molecule has 0 amide bonds. The number of hydrogen-bond acceptors (Lipinski definition) is 2. The molecule has 0 saturated carbocycles. The van der Waals surface area contributed by atoms with Gasteiger partial charge in [-0.25, -0.2) is 0 Å². The number of Topliss-reactive ketones (excluding diaryl/α,β-unsaturated/α-hetero) is 1. The molecule has 0 saturated heterocycles. The fourth-order valence-electron chi connectivity index (χ4n) is 1.36. The first kappa shape index (κ1) is 15.7. The highest BCUT2D eigenvalue weighted by atomic mass is 79.9. The fourth-order valence-corrected chi connectivity index (χ4v) is 4.24. The number of ketones is 1. The van der Waals surface area contributed by atoms with Crippen LogP contribution in [-0.2, 0) is 11.2 Å². The summed E-state index contributed by atoms with van der Waals surface area (Å²) in [6.07, 6.45) is 1.19. The molecule has 6 heteroatoms. The van der Waals surface area contributed by atoms with Crippen LogP contribution in [0.25, 0.3) is 0 Å². The van der Waals surface area contributed by atoms with Gasteiger partial charge in [0.05, 0.1) is 16.1 Å². The molecule has 1 aromatic rings. The molecule has 0 aliphatic rings. The summed E-state index contributed by atoms with van der Waals surface area (Å²) < 4.78 is 8.80. The Bertz CT molecular complexity index is 428. The summed E-state index contributed by atoms with van der Waals surface area (Å²) in [6.45, 7) is 1.59. The second kappa shape index (κ2) is 6.68. The second-order valence-corrected chi connectivity index (χ2v) is 6.64. The van der Waals surface area contributed by atoms with Crippen molar-refractivity contribution in [3.05, 3.63) is 23.5 Å². The Morgan fingerprint density at radius 1 is 1.06 bits per heavy atom. The van der Waals surface area contributed by atoms with Gasteiger partial charge in [-0.2, -0.15) is 0 Å². The molecule has 0 aliphatic heterocycles. The van der Waals surface area contributed by atoms with E-state index >= 15 is 0 Å². The van der Waals surface area contributed by atoms with E-state index in [1.54, 1.807) is 14.0 Å². The first-order valence-corrected chi connectivity index (χ1v) is 7.95. The van der Waals surface area contributed by atoms with E-state index in [4.69, 9.17) is 4.74 Å². The summed E-state index contributed by atoms with van der Waals surface area (Å²) in [7, 11) is 1.61. The Morgan fingerprint density at radius 2 is 1.53 bits per heavy atom. The highest BCUT2D eigenvalue weighted by molar-refractivity contribution is 9.14. The van der Waals surface area contributed by atoms with Crippen LogP contribution in [0.3, 0.4) is 0 Å². The van der Waals surface area contributed by atoms with Gasteiger partial charge in [0.2, 0.25) is 0 Å². The highest BCUT2D eigenvalue weighted by Gasteiger charge is 2.19. The molecule has 0 bridgehead atoms. The monoisotopic (exact) mass is 490 g/mol. The van der Waals surface area contributed by atoms with E-state index in [2.05, 4.69) is 63.7 Å². The summed E-state index contributed by atoms with van der Waals surface area (Å²) >= 11 is 14.0. The standard InChI is InChI=1S/C11H10Br4O2/c1-5(16)3-4-6-7(12)9(14)11(17-2)10(15)8(6)13/h3-4H2,1-2H3. The van der Waals surface area contributed by atoms with Crippen LogP contribution in [0.1, 0.15) is 18.9 Å². The van der Waals surface area contributed by atoms with Gasteiger partial charge in [-0.3, -0.25) is 0 Å².